The maximum Gasteiger partial charge on any atom is 0.237 e. The van der Waals surface area contributed by atoms with Gasteiger partial charge in [0.05, 0.1) is 12.1 Å². The number of amides is 2. The SMILES string of the molecule is CCCCCC(=O)NCCCCC(NC)C(=O)NC(CCCCNC(C)C)C(C)=O. The first-order valence-electron chi connectivity index (χ1n) is 11.8. The maximum atomic E-state index is 12.6. The second kappa shape index (κ2) is 18.3. The zero-order valence-corrected chi connectivity index (χ0v) is 19.9. The van der Waals surface area contributed by atoms with Crippen molar-refractivity contribution in [1.29, 1.82) is 0 Å². The van der Waals surface area contributed by atoms with Crippen LogP contribution in [0.5, 0.6) is 0 Å². The first-order chi connectivity index (χ1) is 14.3. The van der Waals surface area contributed by atoms with E-state index in [0.717, 1.165) is 51.5 Å². The molecule has 176 valence electrons. The molecule has 0 radical (unpaired) electrons. The molecule has 0 aromatic carbocycles. The van der Waals surface area contributed by atoms with Gasteiger partial charge in [0.2, 0.25) is 11.8 Å². The molecule has 0 spiro atoms. The molecule has 0 aromatic heterocycles. The molecule has 7 heteroatoms. The lowest BCUT2D eigenvalue weighted by molar-refractivity contribution is -0.128. The van der Waals surface area contributed by atoms with Crippen LogP contribution in [0.15, 0.2) is 0 Å². The van der Waals surface area contributed by atoms with Crippen LogP contribution in [-0.4, -0.2) is 55.9 Å². The van der Waals surface area contributed by atoms with Gasteiger partial charge in [-0.3, -0.25) is 14.4 Å². The zero-order chi connectivity index (χ0) is 22.8. The van der Waals surface area contributed by atoms with E-state index in [-0.39, 0.29) is 23.6 Å². The molecule has 0 aromatic rings. The summed E-state index contributed by atoms with van der Waals surface area (Å²) in [5.74, 6) is -0.0123. The summed E-state index contributed by atoms with van der Waals surface area (Å²) in [5, 5.41) is 12.3. The fraction of sp³-hybridized carbons (Fsp3) is 0.870. The third kappa shape index (κ3) is 15.4. The van der Waals surface area contributed by atoms with Crippen molar-refractivity contribution in [2.45, 2.75) is 110 Å². The van der Waals surface area contributed by atoms with Crippen molar-refractivity contribution in [2.75, 3.05) is 20.1 Å². The maximum absolute atomic E-state index is 12.6. The van der Waals surface area contributed by atoms with Crippen LogP contribution in [0.4, 0.5) is 0 Å². The molecular weight excluding hydrogens is 380 g/mol. The van der Waals surface area contributed by atoms with E-state index >= 15 is 0 Å². The van der Waals surface area contributed by atoms with Gasteiger partial charge in [0.25, 0.3) is 0 Å². The Labute approximate surface area is 183 Å². The van der Waals surface area contributed by atoms with E-state index in [4.69, 9.17) is 0 Å². The highest BCUT2D eigenvalue weighted by Crippen LogP contribution is 2.06. The van der Waals surface area contributed by atoms with Crippen LogP contribution in [-0.2, 0) is 14.4 Å². The second-order valence-corrected chi connectivity index (χ2v) is 8.42. The number of hydrogen-bond acceptors (Lipinski definition) is 5. The third-order valence-corrected chi connectivity index (χ3v) is 5.19. The molecule has 0 aliphatic carbocycles. The van der Waals surface area contributed by atoms with E-state index < -0.39 is 6.04 Å². The number of likely N-dealkylation sites (N-methyl/N-ethyl adjacent to an activating group) is 1. The number of Topliss-reactive ketones (excluding diaryl/α,β-unsaturated/α-hetero) is 1. The van der Waals surface area contributed by atoms with Crippen molar-refractivity contribution in [1.82, 2.24) is 21.3 Å². The highest BCUT2D eigenvalue weighted by atomic mass is 16.2. The van der Waals surface area contributed by atoms with Crippen LogP contribution in [0.1, 0.15) is 91.9 Å². The predicted octanol–water partition coefficient (Wildman–Crippen LogP) is 2.68. The van der Waals surface area contributed by atoms with E-state index in [1.807, 2.05) is 0 Å². The number of nitrogens with one attached hydrogen (secondary N) is 4. The fourth-order valence-corrected chi connectivity index (χ4v) is 3.25. The van der Waals surface area contributed by atoms with Crippen LogP contribution in [0, 0.1) is 0 Å². The van der Waals surface area contributed by atoms with Gasteiger partial charge in [0, 0.05) is 19.0 Å². The molecule has 7 nitrogen and oxygen atoms in total. The van der Waals surface area contributed by atoms with Gasteiger partial charge in [-0.2, -0.15) is 0 Å². The number of hydrogen-bond donors (Lipinski definition) is 4. The van der Waals surface area contributed by atoms with Gasteiger partial charge in [-0.15, -0.1) is 0 Å². The average Bonchev–Trinajstić information content (AvgIpc) is 2.69. The molecule has 0 rings (SSSR count). The molecular formula is C23H46N4O3. The standard InChI is InChI=1S/C23H46N4O3/c1-6-7-8-15-22(29)26-17-12-10-14-21(24-5)23(30)27-20(19(4)28)13-9-11-16-25-18(2)3/h18,20-21,24-25H,6-17H2,1-5H3,(H,26,29)(H,27,30). The van der Waals surface area contributed by atoms with Crippen LogP contribution in [0.3, 0.4) is 0 Å². The Morgan fingerprint density at radius 1 is 0.833 bits per heavy atom. The Balaban J connectivity index is 4.14. The van der Waals surface area contributed by atoms with Crippen LogP contribution >= 0.6 is 0 Å². The lowest BCUT2D eigenvalue weighted by Gasteiger charge is -2.21. The van der Waals surface area contributed by atoms with Gasteiger partial charge in [0.1, 0.15) is 0 Å². The number of ketones is 1. The first-order valence-corrected chi connectivity index (χ1v) is 11.8. The smallest absolute Gasteiger partial charge is 0.237 e. The summed E-state index contributed by atoms with van der Waals surface area (Å²) in [7, 11) is 1.76. The minimum atomic E-state index is -0.421. The van der Waals surface area contributed by atoms with Crippen molar-refractivity contribution in [3.05, 3.63) is 0 Å². The lowest BCUT2D eigenvalue weighted by Crippen LogP contribution is -2.49. The minimum Gasteiger partial charge on any atom is -0.356 e. The Kier molecular flexibility index (Phi) is 17.4. The summed E-state index contributed by atoms with van der Waals surface area (Å²) in [6.45, 7) is 9.44. The summed E-state index contributed by atoms with van der Waals surface area (Å²) >= 11 is 0. The monoisotopic (exact) mass is 426 g/mol. The minimum absolute atomic E-state index is 0.000747. The molecule has 2 unspecified atom stereocenters. The first kappa shape index (κ1) is 28.5. The molecule has 0 aliphatic heterocycles. The van der Waals surface area contributed by atoms with E-state index in [9.17, 15) is 14.4 Å². The Hall–Kier alpha value is -1.47. The second-order valence-electron chi connectivity index (χ2n) is 8.42. The van der Waals surface area contributed by atoms with Crippen molar-refractivity contribution < 1.29 is 14.4 Å². The van der Waals surface area contributed by atoms with Crippen LogP contribution in [0.25, 0.3) is 0 Å². The van der Waals surface area contributed by atoms with Crippen molar-refractivity contribution >= 4 is 17.6 Å². The Morgan fingerprint density at radius 2 is 1.47 bits per heavy atom. The normalized spacial score (nSPS) is 13.1. The van der Waals surface area contributed by atoms with Gasteiger partial charge in [-0.05, 0) is 65.5 Å². The van der Waals surface area contributed by atoms with Crippen molar-refractivity contribution in [3.8, 4) is 0 Å². The number of carbonyl (C=O) groups excluding carboxylic acids is 3. The molecule has 0 saturated heterocycles. The topological polar surface area (TPSA) is 99.3 Å². The summed E-state index contributed by atoms with van der Waals surface area (Å²) in [6, 6.07) is -0.288. The van der Waals surface area contributed by atoms with Crippen LogP contribution < -0.4 is 21.3 Å². The molecule has 2 amide bonds. The van der Waals surface area contributed by atoms with Gasteiger partial charge in [0.15, 0.2) is 5.78 Å². The van der Waals surface area contributed by atoms with E-state index in [1.165, 1.54) is 6.92 Å². The van der Waals surface area contributed by atoms with Crippen molar-refractivity contribution in [3.63, 3.8) is 0 Å². The quantitative estimate of drug-likeness (QED) is 0.238. The average molecular weight is 427 g/mol. The molecule has 0 aliphatic rings. The molecule has 30 heavy (non-hydrogen) atoms. The van der Waals surface area contributed by atoms with Gasteiger partial charge >= 0.3 is 0 Å². The van der Waals surface area contributed by atoms with E-state index in [0.29, 0.717) is 31.8 Å². The molecule has 2 atom stereocenters. The van der Waals surface area contributed by atoms with Gasteiger partial charge < -0.3 is 21.3 Å². The number of unbranched alkanes of at least 4 members (excludes halogenated alkanes) is 4. The predicted molar refractivity (Wildman–Crippen MR) is 123 cm³/mol. The third-order valence-electron chi connectivity index (χ3n) is 5.19. The largest absolute Gasteiger partial charge is 0.356 e. The van der Waals surface area contributed by atoms with Gasteiger partial charge in [-0.1, -0.05) is 33.6 Å². The molecule has 0 saturated carbocycles. The summed E-state index contributed by atoms with van der Waals surface area (Å²) < 4.78 is 0. The summed E-state index contributed by atoms with van der Waals surface area (Å²) in [5.41, 5.74) is 0. The Bertz CT molecular complexity index is 483. The highest BCUT2D eigenvalue weighted by molar-refractivity contribution is 5.89. The molecule has 4 N–H and O–H groups in total. The fourth-order valence-electron chi connectivity index (χ4n) is 3.25. The van der Waals surface area contributed by atoms with Crippen LogP contribution in [0.2, 0.25) is 0 Å². The Morgan fingerprint density at radius 3 is 2.03 bits per heavy atom. The summed E-state index contributed by atoms with van der Waals surface area (Å²) in [4.78, 5) is 36.2. The molecule has 0 heterocycles. The van der Waals surface area contributed by atoms with Crippen molar-refractivity contribution in [2.24, 2.45) is 0 Å². The van der Waals surface area contributed by atoms with Gasteiger partial charge in [-0.25, -0.2) is 0 Å². The molecule has 0 bridgehead atoms. The molecule has 0 fully saturated rings. The van der Waals surface area contributed by atoms with E-state index in [1.54, 1.807) is 7.05 Å². The zero-order valence-electron chi connectivity index (χ0n) is 19.9. The number of carbonyl (C=O) groups is 3. The van der Waals surface area contributed by atoms with E-state index in [2.05, 4.69) is 42.0 Å². The lowest BCUT2D eigenvalue weighted by atomic mass is 10.0. The number of rotatable bonds is 19. The summed E-state index contributed by atoms with van der Waals surface area (Å²) in [6.07, 6.45) is 8.63. The highest BCUT2D eigenvalue weighted by Gasteiger charge is 2.22.